The molecule has 0 saturated carbocycles. The van der Waals surface area contributed by atoms with Crippen LogP contribution in [-0.2, 0) is 6.42 Å². The molecular formula is C11H10F3NO2. The van der Waals surface area contributed by atoms with Crippen LogP contribution in [0.5, 0.6) is 0 Å². The molecule has 17 heavy (non-hydrogen) atoms. The first-order valence-corrected chi connectivity index (χ1v) is 4.74. The summed E-state index contributed by atoms with van der Waals surface area (Å²) in [4.78, 5) is 0. The number of alkyl halides is 3. The van der Waals surface area contributed by atoms with Crippen molar-refractivity contribution in [2.24, 2.45) is 5.92 Å². The van der Waals surface area contributed by atoms with Gasteiger partial charge in [-0.3, -0.25) is 0 Å². The van der Waals surface area contributed by atoms with Crippen LogP contribution < -0.4 is 0 Å². The number of hydrogen-bond donors (Lipinski definition) is 2. The zero-order chi connectivity index (χ0) is 13.1. The minimum absolute atomic E-state index is 0.385. The van der Waals surface area contributed by atoms with E-state index in [1.54, 1.807) is 18.2 Å². The topological polar surface area (TPSA) is 64.2 Å². The first kappa shape index (κ1) is 13.5. The molecule has 0 spiro atoms. The van der Waals surface area contributed by atoms with Gasteiger partial charge in [-0.2, -0.15) is 18.4 Å². The average molecular weight is 245 g/mol. The normalized spacial score (nSPS) is 14.1. The lowest BCUT2D eigenvalue weighted by molar-refractivity contribution is -0.362. The Morgan fingerprint density at radius 2 is 1.71 bits per heavy atom. The van der Waals surface area contributed by atoms with Gasteiger partial charge in [-0.15, -0.1) is 0 Å². The Hall–Kier alpha value is -1.58. The van der Waals surface area contributed by atoms with Crippen molar-refractivity contribution in [2.75, 3.05) is 0 Å². The van der Waals surface area contributed by atoms with Crippen LogP contribution in [0.4, 0.5) is 13.2 Å². The van der Waals surface area contributed by atoms with E-state index in [9.17, 15) is 13.2 Å². The van der Waals surface area contributed by atoms with Crippen molar-refractivity contribution < 1.29 is 23.4 Å². The molecule has 0 aliphatic carbocycles. The summed E-state index contributed by atoms with van der Waals surface area (Å²) in [6.45, 7) is 0. The molecule has 0 aliphatic heterocycles. The van der Waals surface area contributed by atoms with E-state index in [1.807, 2.05) is 0 Å². The molecule has 1 atom stereocenters. The van der Waals surface area contributed by atoms with Crippen LogP contribution in [-0.4, -0.2) is 22.2 Å². The van der Waals surface area contributed by atoms with Crippen molar-refractivity contribution in [3.05, 3.63) is 35.9 Å². The fraction of sp³-hybridized carbons (Fsp3) is 0.364. The summed E-state index contributed by atoms with van der Waals surface area (Å²) in [6.07, 6.45) is -5.65. The quantitative estimate of drug-likeness (QED) is 0.795. The lowest BCUT2D eigenvalue weighted by Crippen LogP contribution is -2.51. The van der Waals surface area contributed by atoms with Gasteiger partial charge in [-0.25, -0.2) is 0 Å². The molecule has 2 N–H and O–H groups in total. The first-order chi connectivity index (χ1) is 7.79. The van der Waals surface area contributed by atoms with Gasteiger partial charge in [0.15, 0.2) is 0 Å². The van der Waals surface area contributed by atoms with Crippen molar-refractivity contribution in [1.29, 1.82) is 5.26 Å². The molecule has 1 unspecified atom stereocenters. The van der Waals surface area contributed by atoms with E-state index in [4.69, 9.17) is 15.5 Å². The number of aliphatic hydroxyl groups is 2. The molecule has 6 heteroatoms. The maximum absolute atomic E-state index is 12.3. The molecule has 0 bridgehead atoms. The Morgan fingerprint density at radius 1 is 1.18 bits per heavy atom. The Balaban J connectivity index is 2.91. The zero-order valence-electron chi connectivity index (χ0n) is 8.65. The number of nitriles is 1. The molecule has 3 nitrogen and oxygen atoms in total. The van der Waals surface area contributed by atoms with Crippen LogP contribution >= 0.6 is 0 Å². The second-order valence-corrected chi connectivity index (χ2v) is 3.60. The maximum Gasteiger partial charge on any atom is 0.444 e. The second kappa shape index (κ2) is 4.73. The lowest BCUT2D eigenvalue weighted by atomic mass is 9.92. The molecular weight excluding hydrogens is 235 g/mol. The van der Waals surface area contributed by atoms with Crippen molar-refractivity contribution in [2.45, 2.75) is 18.4 Å². The largest absolute Gasteiger partial charge is 0.444 e. The van der Waals surface area contributed by atoms with Crippen LogP contribution in [0.1, 0.15) is 5.56 Å². The standard InChI is InChI=1S/C11H10F3NO2/c12-11(13,14)10(16,17)9(7-15)6-8-4-2-1-3-5-8/h1-5,9,16-17H,6H2. The van der Waals surface area contributed by atoms with Gasteiger partial charge in [0.25, 0.3) is 5.79 Å². The van der Waals surface area contributed by atoms with Crippen LogP contribution in [0, 0.1) is 17.2 Å². The third-order valence-electron chi connectivity index (χ3n) is 2.34. The molecule has 0 fully saturated rings. The SMILES string of the molecule is N#CC(Cc1ccccc1)C(O)(O)C(F)(F)F. The van der Waals surface area contributed by atoms with Gasteiger partial charge in [0.2, 0.25) is 0 Å². The molecule has 0 saturated heterocycles. The fourth-order valence-electron chi connectivity index (χ4n) is 1.33. The lowest BCUT2D eigenvalue weighted by Gasteiger charge is -2.28. The molecule has 0 radical (unpaired) electrons. The Bertz CT molecular complexity index is 409. The van der Waals surface area contributed by atoms with E-state index in [-0.39, 0.29) is 6.42 Å². The molecule has 0 amide bonds. The van der Waals surface area contributed by atoms with Crippen LogP contribution in [0.25, 0.3) is 0 Å². The van der Waals surface area contributed by atoms with Gasteiger partial charge in [0, 0.05) is 0 Å². The Morgan fingerprint density at radius 3 is 2.12 bits per heavy atom. The summed E-state index contributed by atoms with van der Waals surface area (Å²) in [5.41, 5.74) is 0.427. The molecule has 92 valence electrons. The van der Waals surface area contributed by atoms with Gasteiger partial charge >= 0.3 is 6.18 Å². The molecule has 0 aliphatic rings. The third-order valence-corrected chi connectivity index (χ3v) is 2.34. The summed E-state index contributed by atoms with van der Waals surface area (Å²) in [6, 6.07) is 9.15. The van der Waals surface area contributed by atoms with Gasteiger partial charge < -0.3 is 10.2 Å². The van der Waals surface area contributed by atoms with Crippen molar-refractivity contribution in [3.63, 3.8) is 0 Å². The molecule has 1 aromatic rings. The average Bonchev–Trinajstić information content (AvgIpc) is 2.25. The minimum atomic E-state index is -5.26. The van der Waals surface area contributed by atoms with Crippen molar-refractivity contribution in [1.82, 2.24) is 0 Å². The van der Waals surface area contributed by atoms with Crippen LogP contribution in [0.2, 0.25) is 0 Å². The van der Waals surface area contributed by atoms with Crippen LogP contribution in [0.15, 0.2) is 30.3 Å². The zero-order valence-corrected chi connectivity index (χ0v) is 8.65. The van der Waals surface area contributed by atoms with E-state index in [1.165, 1.54) is 18.2 Å². The van der Waals surface area contributed by atoms with Crippen molar-refractivity contribution in [3.8, 4) is 6.07 Å². The van der Waals surface area contributed by atoms with Gasteiger partial charge in [0.05, 0.1) is 6.07 Å². The minimum Gasteiger partial charge on any atom is -0.358 e. The van der Waals surface area contributed by atoms with Crippen LogP contribution in [0.3, 0.4) is 0 Å². The molecule has 1 aromatic carbocycles. The Labute approximate surface area is 95.7 Å². The number of nitrogens with zero attached hydrogens (tertiary/aromatic N) is 1. The van der Waals surface area contributed by atoms with E-state index in [0.29, 0.717) is 5.56 Å². The predicted molar refractivity (Wildman–Crippen MR) is 52.5 cm³/mol. The molecule has 1 rings (SSSR count). The van der Waals surface area contributed by atoms with Gasteiger partial charge in [-0.05, 0) is 12.0 Å². The highest BCUT2D eigenvalue weighted by Crippen LogP contribution is 2.35. The maximum atomic E-state index is 12.3. The Kier molecular flexibility index (Phi) is 3.76. The highest BCUT2D eigenvalue weighted by Gasteiger charge is 2.58. The first-order valence-electron chi connectivity index (χ1n) is 4.74. The summed E-state index contributed by atoms with van der Waals surface area (Å²) < 4.78 is 37.0. The van der Waals surface area contributed by atoms with Gasteiger partial charge in [-0.1, -0.05) is 30.3 Å². The molecule has 0 aromatic heterocycles. The van der Waals surface area contributed by atoms with E-state index in [2.05, 4.69) is 0 Å². The number of halogens is 3. The van der Waals surface area contributed by atoms with E-state index in [0.717, 1.165) is 0 Å². The van der Waals surface area contributed by atoms with Crippen molar-refractivity contribution >= 4 is 0 Å². The predicted octanol–water partition coefficient (Wildman–Crippen LogP) is 1.61. The number of hydrogen-bond acceptors (Lipinski definition) is 3. The fourth-order valence-corrected chi connectivity index (χ4v) is 1.33. The summed E-state index contributed by atoms with van der Waals surface area (Å²) in [7, 11) is 0. The number of benzene rings is 1. The smallest absolute Gasteiger partial charge is 0.358 e. The van der Waals surface area contributed by atoms with Gasteiger partial charge in [0.1, 0.15) is 5.92 Å². The number of rotatable bonds is 3. The summed E-state index contributed by atoms with van der Waals surface area (Å²) in [5.74, 6) is -5.97. The highest BCUT2D eigenvalue weighted by atomic mass is 19.4. The van der Waals surface area contributed by atoms with E-state index >= 15 is 0 Å². The second-order valence-electron chi connectivity index (χ2n) is 3.60. The molecule has 0 heterocycles. The highest BCUT2D eigenvalue weighted by molar-refractivity contribution is 5.17. The monoisotopic (exact) mass is 245 g/mol. The third kappa shape index (κ3) is 2.96. The van der Waals surface area contributed by atoms with E-state index < -0.39 is 17.9 Å². The summed E-state index contributed by atoms with van der Waals surface area (Å²) >= 11 is 0. The summed E-state index contributed by atoms with van der Waals surface area (Å²) in [5, 5.41) is 26.6.